The Morgan fingerprint density at radius 3 is 2.88 bits per heavy atom. The summed E-state index contributed by atoms with van der Waals surface area (Å²) in [6, 6.07) is 6.09. The monoisotopic (exact) mass is 253 g/mol. The highest BCUT2D eigenvalue weighted by Gasteiger charge is 2.28. The summed E-state index contributed by atoms with van der Waals surface area (Å²) in [5.74, 6) is 1.54. The van der Waals surface area contributed by atoms with Crippen LogP contribution in [0.25, 0.3) is 0 Å². The lowest BCUT2D eigenvalue weighted by atomic mass is 9.91. The molecule has 1 N–H and O–H groups in total. The Hall–Kier alpha value is -0.930. The Balaban J connectivity index is 1.75. The lowest BCUT2D eigenvalue weighted by Gasteiger charge is -2.35. The van der Waals surface area contributed by atoms with Crippen molar-refractivity contribution < 1.29 is 9.47 Å². The van der Waals surface area contributed by atoms with E-state index in [2.05, 4.69) is 5.32 Å². The Morgan fingerprint density at radius 1 is 1.24 bits per heavy atom. The largest absolute Gasteiger partial charge is 0.489 e. The SMILES string of the molecule is Clc1ccc2c(c1)NC(C1CCOCC1)CO2. The van der Waals surface area contributed by atoms with E-state index in [9.17, 15) is 0 Å². The molecule has 2 aliphatic rings. The lowest BCUT2D eigenvalue weighted by Crippen LogP contribution is -2.40. The van der Waals surface area contributed by atoms with E-state index in [0.717, 1.165) is 49.1 Å². The first-order valence-corrected chi connectivity index (χ1v) is 6.47. The van der Waals surface area contributed by atoms with Crippen molar-refractivity contribution in [1.29, 1.82) is 0 Å². The van der Waals surface area contributed by atoms with E-state index in [1.807, 2.05) is 18.2 Å². The molecular formula is C13H16ClNO2. The van der Waals surface area contributed by atoms with Gasteiger partial charge in [-0.05, 0) is 37.0 Å². The predicted octanol–water partition coefficient (Wildman–Crippen LogP) is 2.94. The van der Waals surface area contributed by atoms with Gasteiger partial charge in [0.1, 0.15) is 12.4 Å². The first-order valence-electron chi connectivity index (χ1n) is 6.09. The van der Waals surface area contributed by atoms with Gasteiger partial charge in [-0.25, -0.2) is 0 Å². The minimum absolute atomic E-state index is 0.380. The third-order valence-corrected chi connectivity index (χ3v) is 3.77. The molecule has 4 heteroatoms. The summed E-state index contributed by atoms with van der Waals surface area (Å²) in [7, 11) is 0. The van der Waals surface area contributed by atoms with Gasteiger partial charge in [0.2, 0.25) is 0 Å². The Labute approximate surface area is 106 Å². The number of halogens is 1. The van der Waals surface area contributed by atoms with Crippen molar-refractivity contribution >= 4 is 17.3 Å². The average molecular weight is 254 g/mol. The highest BCUT2D eigenvalue weighted by molar-refractivity contribution is 6.30. The number of nitrogens with one attached hydrogen (secondary N) is 1. The number of hydrogen-bond donors (Lipinski definition) is 1. The van der Waals surface area contributed by atoms with Gasteiger partial charge in [-0.3, -0.25) is 0 Å². The zero-order valence-electron chi connectivity index (χ0n) is 9.62. The van der Waals surface area contributed by atoms with Crippen LogP contribution in [0, 0.1) is 5.92 Å². The Bertz CT molecular complexity index is 404. The molecule has 0 bridgehead atoms. The van der Waals surface area contributed by atoms with Gasteiger partial charge in [-0.15, -0.1) is 0 Å². The quantitative estimate of drug-likeness (QED) is 0.835. The fourth-order valence-corrected chi connectivity index (χ4v) is 2.71. The summed E-state index contributed by atoms with van der Waals surface area (Å²) in [5.41, 5.74) is 1.01. The van der Waals surface area contributed by atoms with Gasteiger partial charge < -0.3 is 14.8 Å². The normalized spacial score (nSPS) is 24.6. The molecule has 1 atom stereocenters. The van der Waals surface area contributed by atoms with Crippen LogP contribution >= 0.6 is 11.6 Å². The van der Waals surface area contributed by atoms with E-state index in [4.69, 9.17) is 21.1 Å². The summed E-state index contributed by atoms with van der Waals surface area (Å²) >= 11 is 5.99. The van der Waals surface area contributed by atoms with Crippen LogP contribution in [0.5, 0.6) is 5.75 Å². The molecule has 2 aliphatic heterocycles. The fourth-order valence-electron chi connectivity index (χ4n) is 2.53. The smallest absolute Gasteiger partial charge is 0.142 e. The van der Waals surface area contributed by atoms with Crippen LogP contribution < -0.4 is 10.1 Å². The highest BCUT2D eigenvalue weighted by Crippen LogP contribution is 2.34. The molecule has 17 heavy (non-hydrogen) atoms. The van der Waals surface area contributed by atoms with Crippen LogP contribution in [0.3, 0.4) is 0 Å². The number of hydrogen-bond acceptors (Lipinski definition) is 3. The van der Waals surface area contributed by atoms with Gasteiger partial charge >= 0.3 is 0 Å². The highest BCUT2D eigenvalue weighted by atomic mass is 35.5. The van der Waals surface area contributed by atoms with Gasteiger partial charge in [-0.1, -0.05) is 11.6 Å². The van der Waals surface area contributed by atoms with E-state index >= 15 is 0 Å². The molecule has 0 amide bonds. The van der Waals surface area contributed by atoms with E-state index in [1.165, 1.54) is 0 Å². The average Bonchev–Trinajstić information content (AvgIpc) is 2.39. The summed E-state index contributed by atoms with van der Waals surface area (Å²) in [5, 5.41) is 4.29. The minimum atomic E-state index is 0.380. The number of anilines is 1. The molecule has 1 aromatic rings. The second-order valence-electron chi connectivity index (χ2n) is 4.65. The first-order chi connectivity index (χ1) is 8.33. The molecule has 3 rings (SSSR count). The van der Waals surface area contributed by atoms with Gasteiger partial charge in [-0.2, -0.15) is 0 Å². The Morgan fingerprint density at radius 2 is 2.06 bits per heavy atom. The second-order valence-corrected chi connectivity index (χ2v) is 5.09. The van der Waals surface area contributed by atoms with Gasteiger partial charge in [0, 0.05) is 18.2 Å². The topological polar surface area (TPSA) is 30.5 Å². The van der Waals surface area contributed by atoms with Gasteiger partial charge in [0.25, 0.3) is 0 Å². The van der Waals surface area contributed by atoms with Crippen molar-refractivity contribution in [2.75, 3.05) is 25.1 Å². The van der Waals surface area contributed by atoms with Crippen LogP contribution in [0.1, 0.15) is 12.8 Å². The van der Waals surface area contributed by atoms with Crippen molar-refractivity contribution in [3.8, 4) is 5.75 Å². The molecule has 2 heterocycles. The molecule has 1 fully saturated rings. The summed E-state index contributed by atoms with van der Waals surface area (Å²) < 4.78 is 11.2. The molecule has 0 aromatic heterocycles. The van der Waals surface area contributed by atoms with E-state index in [-0.39, 0.29) is 0 Å². The minimum Gasteiger partial charge on any atom is -0.489 e. The zero-order chi connectivity index (χ0) is 11.7. The molecule has 1 saturated heterocycles. The molecule has 3 nitrogen and oxygen atoms in total. The Kier molecular flexibility index (Phi) is 3.12. The maximum Gasteiger partial charge on any atom is 0.142 e. The number of ether oxygens (including phenoxy) is 2. The lowest BCUT2D eigenvalue weighted by molar-refractivity contribution is 0.0536. The molecule has 0 radical (unpaired) electrons. The van der Waals surface area contributed by atoms with Crippen LogP contribution in [0.2, 0.25) is 5.02 Å². The standard InChI is InChI=1S/C13H16ClNO2/c14-10-1-2-13-11(7-10)15-12(8-17-13)9-3-5-16-6-4-9/h1-2,7,9,12,15H,3-6,8H2. The summed E-state index contributed by atoms with van der Waals surface area (Å²) in [4.78, 5) is 0. The first kappa shape index (κ1) is 11.2. The molecule has 1 unspecified atom stereocenters. The second kappa shape index (κ2) is 4.75. The molecule has 1 aromatic carbocycles. The fraction of sp³-hybridized carbons (Fsp3) is 0.538. The summed E-state index contributed by atoms with van der Waals surface area (Å²) in [6.45, 7) is 2.47. The number of benzene rings is 1. The number of rotatable bonds is 1. The van der Waals surface area contributed by atoms with Crippen LogP contribution in [-0.2, 0) is 4.74 Å². The predicted molar refractivity (Wildman–Crippen MR) is 67.9 cm³/mol. The molecule has 0 aliphatic carbocycles. The van der Waals surface area contributed by atoms with Gasteiger partial charge in [0.05, 0.1) is 11.7 Å². The van der Waals surface area contributed by atoms with E-state index in [0.29, 0.717) is 12.0 Å². The third kappa shape index (κ3) is 2.35. The van der Waals surface area contributed by atoms with Crippen molar-refractivity contribution in [3.05, 3.63) is 23.2 Å². The third-order valence-electron chi connectivity index (χ3n) is 3.54. The van der Waals surface area contributed by atoms with Crippen LogP contribution in [0.15, 0.2) is 18.2 Å². The summed E-state index contributed by atoms with van der Waals surface area (Å²) in [6.07, 6.45) is 2.22. The number of fused-ring (bicyclic) bond motifs is 1. The van der Waals surface area contributed by atoms with Crippen molar-refractivity contribution in [2.24, 2.45) is 5.92 Å². The van der Waals surface area contributed by atoms with Crippen molar-refractivity contribution in [1.82, 2.24) is 0 Å². The van der Waals surface area contributed by atoms with E-state index < -0.39 is 0 Å². The van der Waals surface area contributed by atoms with Crippen LogP contribution in [0.4, 0.5) is 5.69 Å². The molecule has 92 valence electrons. The molecular weight excluding hydrogens is 238 g/mol. The van der Waals surface area contributed by atoms with Gasteiger partial charge in [0.15, 0.2) is 0 Å². The maximum atomic E-state index is 5.99. The van der Waals surface area contributed by atoms with E-state index in [1.54, 1.807) is 0 Å². The van der Waals surface area contributed by atoms with Crippen molar-refractivity contribution in [3.63, 3.8) is 0 Å². The maximum absolute atomic E-state index is 5.99. The molecule has 0 saturated carbocycles. The molecule has 0 spiro atoms. The van der Waals surface area contributed by atoms with Crippen molar-refractivity contribution in [2.45, 2.75) is 18.9 Å². The van der Waals surface area contributed by atoms with Crippen LogP contribution in [-0.4, -0.2) is 25.9 Å². The zero-order valence-corrected chi connectivity index (χ0v) is 10.4.